The standard InChI is InChI=1S/C17H23NO4/c1-13-4-5-16(22-13)12-18(8-9-19)11-14-10-15(20-2)6-7-17(14)21-3/h4-7,10,19H,8-9,11-12H2,1-3H3. The second kappa shape index (κ2) is 7.87. The average molecular weight is 305 g/mol. The lowest BCUT2D eigenvalue weighted by atomic mass is 10.1. The van der Waals surface area contributed by atoms with E-state index in [0.29, 0.717) is 19.6 Å². The Kier molecular flexibility index (Phi) is 5.86. The summed E-state index contributed by atoms with van der Waals surface area (Å²) in [7, 11) is 3.29. The molecule has 0 aliphatic carbocycles. The van der Waals surface area contributed by atoms with E-state index in [1.54, 1.807) is 14.2 Å². The fourth-order valence-corrected chi connectivity index (χ4v) is 2.39. The summed E-state index contributed by atoms with van der Waals surface area (Å²) in [5.41, 5.74) is 1.01. The molecule has 0 bridgehead atoms. The summed E-state index contributed by atoms with van der Waals surface area (Å²) < 4.78 is 16.3. The molecule has 5 heteroatoms. The number of furan rings is 1. The van der Waals surface area contributed by atoms with E-state index in [-0.39, 0.29) is 6.61 Å². The minimum Gasteiger partial charge on any atom is -0.497 e. The fourth-order valence-electron chi connectivity index (χ4n) is 2.39. The molecule has 2 rings (SSSR count). The van der Waals surface area contributed by atoms with Gasteiger partial charge in [0, 0.05) is 18.7 Å². The zero-order chi connectivity index (χ0) is 15.9. The highest BCUT2D eigenvalue weighted by molar-refractivity contribution is 5.40. The largest absolute Gasteiger partial charge is 0.497 e. The molecular weight excluding hydrogens is 282 g/mol. The molecule has 22 heavy (non-hydrogen) atoms. The number of benzene rings is 1. The van der Waals surface area contributed by atoms with E-state index in [9.17, 15) is 5.11 Å². The van der Waals surface area contributed by atoms with Gasteiger partial charge in [0.25, 0.3) is 0 Å². The van der Waals surface area contributed by atoms with Crippen LogP contribution in [0.1, 0.15) is 17.1 Å². The molecule has 1 aromatic heterocycles. The summed E-state index contributed by atoms with van der Waals surface area (Å²) >= 11 is 0. The van der Waals surface area contributed by atoms with Crippen molar-refractivity contribution in [2.24, 2.45) is 0 Å². The number of aliphatic hydroxyl groups is 1. The van der Waals surface area contributed by atoms with Crippen molar-refractivity contribution in [2.45, 2.75) is 20.0 Å². The number of aryl methyl sites for hydroxylation is 1. The first-order chi connectivity index (χ1) is 10.7. The van der Waals surface area contributed by atoms with E-state index in [1.807, 2.05) is 37.3 Å². The lowest BCUT2D eigenvalue weighted by Gasteiger charge is -2.21. The van der Waals surface area contributed by atoms with Gasteiger partial charge in [-0.25, -0.2) is 0 Å². The van der Waals surface area contributed by atoms with Crippen LogP contribution in [-0.2, 0) is 13.1 Å². The third-order valence-electron chi connectivity index (χ3n) is 3.47. The normalized spacial score (nSPS) is 11.0. The van der Waals surface area contributed by atoms with Gasteiger partial charge in [0.05, 0.1) is 27.4 Å². The molecule has 0 saturated carbocycles. The van der Waals surface area contributed by atoms with Gasteiger partial charge < -0.3 is 19.0 Å². The highest BCUT2D eigenvalue weighted by Gasteiger charge is 2.13. The van der Waals surface area contributed by atoms with Crippen LogP contribution < -0.4 is 9.47 Å². The lowest BCUT2D eigenvalue weighted by Crippen LogP contribution is -2.26. The van der Waals surface area contributed by atoms with Crippen molar-refractivity contribution >= 4 is 0 Å². The van der Waals surface area contributed by atoms with E-state index < -0.39 is 0 Å². The molecule has 120 valence electrons. The zero-order valence-electron chi connectivity index (χ0n) is 13.3. The van der Waals surface area contributed by atoms with Crippen molar-refractivity contribution in [2.75, 3.05) is 27.4 Å². The van der Waals surface area contributed by atoms with Crippen molar-refractivity contribution in [1.82, 2.24) is 4.90 Å². The van der Waals surface area contributed by atoms with E-state index in [4.69, 9.17) is 13.9 Å². The summed E-state index contributed by atoms with van der Waals surface area (Å²) in [5.74, 6) is 3.36. The van der Waals surface area contributed by atoms with Gasteiger partial charge in [-0.2, -0.15) is 0 Å². The van der Waals surface area contributed by atoms with Crippen LogP contribution in [0.3, 0.4) is 0 Å². The predicted octanol–water partition coefficient (Wildman–Crippen LogP) is 2.60. The van der Waals surface area contributed by atoms with Crippen molar-refractivity contribution < 1.29 is 19.0 Å². The van der Waals surface area contributed by atoms with Gasteiger partial charge in [-0.05, 0) is 37.3 Å². The molecule has 1 N–H and O–H groups in total. The minimum absolute atomic E-state index is 0.0893. The second-order valence-corrected chi connectivity index (χ2v) is 5.12. The van der Waals surface area contributed by atoms with Crippen molar-refractivity contribution in [3.8, 4) is 11.5 Å². The van der Waals surface area contributed by atoms with Crippen molar-refractivity contribution in [1.29, 1.82) is 0 Å². The molecule has 0 spiro atoms. The number of aliphatic hydroxyl groups excluding tert-OH is 1. The topological polar surface area (TPSA) is 55.1 Å². The average Bonchev–Trinajstić information content (AvgIpc) is 2.92. The number of nitrogens with zero attached hydrogens (tertiary/aromatic N) is 1. The first kappa shape index (κ1) is 16.4. The van der Waals surface area contributed by atoms with Crippen molar-refractivity contribution in [3.05, 3.63) is 47.4 Å². The molecule has 0 atom stereocenters. The monoisotopic (exact) mass is 305 g/mol. The van der Waals surface area contributed by atoms with Crippen LogP contribution in [0.25, 0.3) is 0 Å². The lowest BCUT2D eigenvalue weighted by molar-refractivity contribution is 0.173. The molecule has 0 aliphatic heterocycles. The predicted molar refractivity (Wildman–Crippen MR) is 84.2 cm³/mol. The summed E-state index contributed by atoms with van der Waals surface area (Å²) in [6.07, 6.45) is 0. The van der Waals surface area contributed by atoms with Crippen molar-refractivity contribution in [3.63, 3.8) is 0 Å². The van der Waals surface area contributed by atoms with Gasteiger partial charge in [-0.1, -0.05) is 0 Å². The van der Waals surface area contributed by atoms with Crippen LogP contribution in [0.15, 0.2) is 34.7 Å². The quantitative estimate of drug-likeness (QED) is 0.812. The van der Waals surface area contributed by atoms with Gasteiger partial charge in [0.15, 0.2) is 0 Å². The Morgan fingerprint density at radius 2 is 1.91 bits per heavy atom. The van der Waals surface area contributed by atoms with Gasteiger partial charge in [0.2, 0.25) is 0 Å². The van der Waals surface area contributed by atoms with E-state index in [2.05, 4.69) is 4.90 Å². The Hall–Kier alpha value is -1.98. The van der Waals surface area contributed by atoms with Crippen LogP contribution in [0.2, 0.25) is 0 Å². The van der Waals surface area contributed by atoms with Crippen LogP contribution in [-0.4, -0.2) is 37.4 Å². The first-order valence-electron chi connectivity index (χ1n) is 7.25. The fraction of sp³-hybridized carbons (Fsp3) is 0.412. The van der Waals surface area contributed by atoms with E-state index in [0.717, 1.165) is 28.6 Å². The summed E-state index contributed by atoms with van der Waals surface area (Å²) in [5, 5.41) is 9.30. The van der Waals surface area contributed by atoms with Gasteiger partial charge in [0.1, 0.15) is 23.0 Å². The van der Waals surface area contributed by atoms with E-state index in [1.165, 1.54) is 0 Å². The maximum Gasteiger partial charge on any atom is 0.123 e. The van der Waals surface area contributed by atoms with Gasteiger partial charge in [-0.3, -0.25) is 4.90 Å². The Labute approximate surface area is 131 Å². The number of methoxy groups -OCH3 is 2. The highest BCUT2D eigenvalue weighted by atomic mass is 16.5. The number of hydrogen-bond donors (Lipinski definition) is 1. The Bertz CT molecular complexity index is 594. The molecule has 5 nitrogen and oxygen atoms in total. The molecule has 0 saturated heterocycles. The SMILES string of the molecule is COc1ccc(OC)c(CN(CCO)Cc2ccc(C)o2)c1. The Balaban J connectivity index is 2.16. The maximum absolute atomic E-state index is 9.30. The van der Waals surface area contributed by atoms with Crippen LogP contribution in [0, 0.1) is 6.92 Å². The summed E-state index contributed by atoms with van der Waals surface area (Å²) in [4.78, 5) is 2.11. The van der Waals surface area contributed by atoms with Crippen LogP contribution >= 0.6 is 0 Å². The van der Waals surface area contributed by atoms with Crippen LogP contribution in [0.5, 0.6) is 11.5 Å². The molecular formula is C17H23NO4. The van der Waals surface area contributed by atoms with Gasteiger partial charge in [-0.15, -0.1) is 0 Å². The summed E-state index contributed by atoms with van der Waals surface area (Å²) in [6.45, 7) is 3.84. The first-order valence-corrected chi connectivity index (χ1v) is 7.25. The molecule has 0 aliphatic rings. The minimum atomic E-state index is 0.0893. The number of hydrogen-bond acceptors (Lipinski definition) is 5. The van der Waals surface area contributed by atoms with E-state index >= 15 is 0 Å². The van der Waals surface area contributed by atoms with Crippen LogP contribution in [0.4, 0.5) is 0 Å². The number of rotatable bonds is 8. The smallest absolute Gasteiger partial charge is 0.123 e. The molecule has 0 unspecified atom stereocenters. The zero-order valence-corrected chi connectivity index (χ0v) is 13.3. The molecule has 1 aromatic carbocycles. The van der Waals surface area contributed by atoms with Gasteiger partial charge >= 0.3 is 0 Å². The molecule has 0 amide bonds. The third kappa shape index (κ3) is 4.26. The maximum atomic E-state index is 9.30. The summed E-state index contributed by atoms with van der Waals surface area (Å²) in [6, 6.07) is 9.62. The molecule has 2 aromatic rings. The molecule has 0 fully saturated rings. The Morgan fingerprint density at radius 1 is 1.09 bits per heavy atom. The third-order valence-corrected chi connectivity index (χ3v) is 3.47. The number of ether oxygens (including phenoxy) is 2. The highest BCUT2D eigenvalue weighted by Crippen LogP contribution is 2.26. The Morgan fingerprint density at radius 3 is 2.50 bits per heavy atom. The molecule has 1 heterocycles. The molecule has 0 radical (unpaired) electrons. The second-order valence-electron chi connectivity index (χ2n) is 5.12.